The molecule has 2 aromatic carbocycles. The van der Waals surface area contributed by atoms with Crippen molar-refractivity contribution in [2.75, 3.05) is 55.5 Å². The molecule has 0 radical (unpaired) electrons. The van der Waals surface area contributed by atoms with Crippen molar-refractivity contribution in [1.82, 2.24) is 33.7 Å². The van der Waals surface area contributed by atoms with Crippen LogP contribution in [0, 0.1) is 0 Å². The number of ether oxygens (including phenoxy) is 2. The second-order valence-corrected chi connectivity index (χ2v) is 15.2. The smallest absolute Gasteiger partial charge is 0.262 e. The van der Waals surface area contributed by atoms with Crippen LogP contribution in [0.5, 0.6) is 11.5 Å². The zero-order valence-corrected chi connectivity index (χ0v) is 30.6. The second kappa shape index (κ2) is 17.0. The van der Waals surface area contributed by atoms with E-state index in [1.54, 1.807) is 43.7 Å². The maximum Gasteiger partial charge on any atom is 0.262 e. The van der Waals surface area contributed by atoms with E-state index in [0.29, 0.717) is 6.42 Å². The van der Waals surface area contributed by atoms with Crippen molar-refractivity contribution in [3.8, 4) is 11.5 Å². The summed E-state index contributed by atoms with van der Waals surface area (Å²) in [5.41, 5.74) is 3.44. The van der Waals surface area contributed by atoms with Gasteiger partial charge in [0, 0.05) is 64.5 Å². The fourth-order valence-electron chi connectivity index (χ4n) is 4.59. The largest absolute Gasteiger partial charge is 0.497 e. The number of sulfonamides is 2. The summed E-state index contributed by atoms with van der Waals surface area (Å²) in [5.74, 6) is 1.44. The molecule has 0 amide bonds. The Morgan fingerprint density at radius 3 is 1.38 bits per heavy atom. The van der Waals surface area contributed by atoms with Crippen molar-refractivity contribution in [3.63, 3.8) is 0 Å². The molecule has 16 heteroatoms. The van der Waals surface area contributed by atoms with Crippen LogP contribution in [0.2, 0.25) is 0 Å². The van der Waals surface area contributed by atoms with Crippen LogP contribution in [0.15, 0.2) is 70.7 Å². The number of hydrogen-bond acceptors (Lipinski definition) is 10. The van der Waals surface area contributed by atoms with Gasteiger partial charge in [0.15, 0.2) is 10.1 Å². The minimum atomic E-state index is -3.84. The second-order valence-electron chi connectivity index (χ2n) is 11.8. The van der Waals surface area contributed by atoms with Crippen molar-refractivity contribution in [3.05, 3.63) is 83.2 Å². The van der Waals surface area contributed by atoms with Crippen LogP contribution in [-0.4, -0.2) is 106 Å². The van der Waals surface area contributed by atoms with E-state index in [-0.39, 0.29) is 23.1 Å². The van der Waals surface area contributed by atoms with Gasteiger partial charge in [-0.15, -0.1) is 0 Å². The first-order valence-corrected chi connectivity index (χ1v) is 18.2. The number of rotatable bonds is 15. The molecule has 2 N–H and O–H groups in total. The van der Waals surface area contributed by atoms with Gasteiger partial charge in [0.1, 0.15) is 11.5 Å². The molecule has 0 aliphatic rings. The minimum absolute atomic E-state index is 0.0563. The maximum atomic E-state index is 13.7. The third-order valence-corrected chi connectivity index (χ3v) is 9.92. The number of primary sulfonamides is 1. The molecule has 0 atom stereocenters. The number of nitrogens with zero attached hydrogens (tertiary/aromatic N) is 7. The number of aromatic nitrogens is 4. The van der Waals surface area contributed by atoms with E-state index >= 15 is 0 Å². The molecule has 0 aliphatic heterocycles. The van der Waals surface area contributed by atoms with E-state index < -0.39 is 20.0 Å². The Kier molecular flexibility index (Phi) is 13.7. The van der Waals surface area contributed by atoms with Crippen LogP contribution >= 0.6 is 0 Å². The molecule has 4 aromatic rings. The summed E-state index contributed by atoms with van der Waals surface area (Å²) in [6.45, 7) is 2.06. The quantitative estimate of drug-likeness (QED) is 0.194. The van der Waals surface area contributed by atoms with Gasteiger partial charge in [0.05, 0.1) is 14.2 Å². The highest BCUT2D eigenvalue weighted by Gasteiger charge is 2.28. The van der Waals surface area contributed by atoms with E-state index in [1.165, 1.54) is 10.4 Å². The molecular formula is C32H48N8O6S2. The average Bonchev–Trinajstić information content (AvgIpc) is 3.61. The molecule has 0 saturated carbocycles. The predicted octanol–water partition coefficient (Wildman–Crippen LogP) is 2.10. The van der Waals surface area contributed by atoms with Crippen LogP contribution in [0.25, 0.3) is 0 Å². The lowest BCUT2D eigenvalue weighted by Crippen LogP contribution is -2.30. The molecule has 48 heavy (non-hydrogen) atoms. The van der Waals surface area contributed by atoms with E-state index in [4.69, 9.17) is 14.6 Å². The van der Waals surface area contributed by atoms with Crippen molar-refractivity contribution < 1.29 is 26.3 Å². The number of aryl methyl sites for hydroxylation is 2. The lowest BCUT2D eigenvalue weighted by Gasteiger charge is -2.21. The Morgan fingerprint density at radius 2 is 1.04 bits per heavy atom. The van der Waals surface area contributed by atoms with Crippen LogP contribution in [0.4, 0.5) is 0 Å². The Balaban J connectivity index is 0.000000348. The number of hydrogen-bond donors (Lipinski definition) is 1. The molecule has 0 aliphatic carbocycles. The Bertz CT molecular complexity index is 1770. The molecule has 14 nitrogen and oxygen atoms in total. The van der Waals surface area contributed by atoms with Gasteiger partial charge >= 0.3 is 0 Å². The molecule has 0 spiro atoms. The fraction of sp³-hybridized carbons (Fsp3) is 0.438. The fourth-order valence-corrected chi connectivity index (χ4v) is 6.54. The molecule has 0 saturated heterocycles. The topological polar surface area (TPSA) is 158 Å². The van der Waals surface area contributed by atoms with Gasteiger partial charge in [-0.1, -0.05) is 24.3 Å². The highest BCUT2D eigenvalue weighted by atomic mass is 32.2. The van der Waals surface area contributed by atoms with Gasteiger partial charge in [-0.05, 0) is 75.7 Å². The molecular weight excluding hydrogens is 657 g/mol. The molecule has 0 bridgehead atoms. The first kappa shape index (κ1) is 38.6. The molecule has 264 valence electrons. The van der Waals surface area contributed by atoms with Gasteiger partial charge in [0.25, 0.3) is 20.0 Å². The Labute approximate surface area is 284 Å². The lowest BCUT2D eigenvalue weighted by atomic mass is 10.2. The zero-order valence-electron chi connectivity index (χ0n) is 29.0. The number of benzene rings is 2. The maximum absolute atomic E-state index is 13.7. The Morgan fingerprint density at radius 1 is 0.667 bits per heavy atom. The third kappa shape index (κ3) is 11.1. The van der Waals surface area contributed by atoms with E-state index in [2.05, 4.69) is 15.1 Å². The summed E-state index contributed by atoms with van der Waals surface area (Å²) in [6, 6.07) is 18.0. The highest BCUT2D eigenvalue weighted by molar-refractivity contribution is 7.89. The Hall–Kier alpha value is -3.80. The minimum Gasteiger partial charge on any atom is -0.497 e. The van der Waals surface area contributed by atoms with Crippen LogP contribution in [0.3, 0.4) is 0 Å². The van der Waals surface area contributed by atoms with Crippen LogP contribution in [0.1, 0.15) is 22.5 Å². The van der Waals surface area contributed by atoms with E-state index in [9.17, 15) is 16.8 Å². The highest BCUT2D eigenvalue weighted by Crippen LogP contribution is 2.23. The van der Waals surface area contributed by atoms with Crippen molar-refractivity contribution >= 4 is 20.0 Å². The van der Waals surface area contributed by atoms with Crippen molar-refractivity contribution in [2.24, 2.45) is 19.2 Å². The first-order chi connectivity index (χ1) is 22.5. The summed E-state index contributed by atoms with van der Waals surface area (Å²) < 4.78 is 64.5. The van der Waals surface area contributed by atoms with Crippen LogP contribution < -0.4 is 14.6 Å². The summed E-state index contributed by atoms with van der Waals surface area (Å²) in [6.07, 6.45) is 1.45. The van der Waals surface area contributed by atoms with E-state index in [0.717, 1.165) is 53.5 Å². The summed E-state index contributed by atoms with van der Waals surface area (Å²) in [7, 11) is 7.04. The van der Waals surface area contributed by atoms with E-state index in [1.807, 2.05) is 81.6 Å². The number of likely N-dealkylation sites (N-methyl/N-ethyl adjacent to an activating group) is 2. The standard InChI is InChI=1S/C24H32N4O4S.C8H16N4O2S/c1-26(2)15-14-21-16-24(25-27(21)3)33(29,30)28(17-19-6-10-22(31-4)11-7-19)18-20-8-12-23(32-5)13-9-20;1-11(2)5-4-7-6-8(10-12(7)3)15(9,13)14/h6-13,16H,14-15,17-18H2,1-5H3;6H,4-5H2,1-3H3,(H2,9,13,14). The summed E-state index contributed by atoms with van der Waals surface area (Å²) in [4.78, 5) is 4.07. The predicted molar refractivity (Wildman–Crippen MR) is 185 cm³/mol. The molecule has 4 rings (SSSR count). The van der Waals surface area contributed by atoms with Crippen molar-refractivity contribution in [2.45, 2.75) is 36.0 Å². The monoisotopic (exact) mass is 704 g/mol. The van der Waals surface area contributed by atoms with Gasteiger partial charge < -0.3 is 19.3 Å². The number of nitrogens with two attached hydrogens (primary N) is 1. The van der Waals surface area contributed by atoms with Gasteiger partial charge in [-0.25, -0.2) is 22.0 Å². The SMILES string of the molecule is CN(C)CCc1cc(S(N)(=O)=O)nn1C.COc1ccc(CN(Cc2ccc(OC)cc2)S(=O)(=O)c2cc(CCN(C)C)n(C)n2)cc1. The average molecular weight is 705 g/mol. The van der Waals surface area contributed by atoms with Gasteiger partial charge in [-0.3, -0.25) is 9.36 Å². The zero-order chi connectivity index (χ0) is 35.6. The van der Waals surface area contributed by atoms with Gasteiger partial charge in [-0.2, -0.15) is 14.5 Å². The summed E-state index contributed by atoms with van der Waals surface area (Å²) in [5, 5.41) is 13.2. The first-order valence-electron chi connectivity index (χ1n) is 15.2. The van der Waals surface area contributed by atoms with Crippen molar-refractivity contribution in [1.29, 1.82) is 0 Å². The normalized spacial score (nSPS) is 12.0. The molecule has 0 fully saturated rings. The van der Waals surface area contributed by atoms with Crippen LogP contribution in [-0.2, 0) is 60.1 Å². The molecule has 0 unspecified atom stereocenters. The number of methoxy groups -OCH3 is 2. The lowest BCUT2D eigenvalue weighted by molar-refractivity contribution is 0.395. The molecule has 2 heterocycles. The van der Waals surface area contributed by atoms with Gasteiger partial charge in [0.2, 0.25) is 0 Å². The summed E-state index contributed by atoms with van der Waals surface area (Å²) >= 11 is 0. The third-order valence-electron chi connectivity index (χ3n) is 7.47. The molecule has 2 aromatic heterocycles.